The number of esters is 1. The Morgan fingerprint density at radius 2 is 2.11 bits per heavy atom. The fraction of sp³-hybridized carbons (Fsp3) is 0.222. The number of thioether (sulfide) groups is 1. The minimum Gasteiger partial charge on any atom is -0.497 e. The monoisotopic (exact) mass is 386 g/mol. The van der Waals surface area contributed by atoms with Crippen LogP contribution in [-0.4, -0.2) is 45.2 Å². The number of carbonyl (C=O) groups excluding carboxylic acids is 1. The SMILES string of the molecule is CCOC(=O)/C=C/CSc1nc2c(cnn2-c2ccc(OC)cc2)c(=O)[nH]1. The predicted octanol–water partition coefficient (Wildman–Crippen LogP) is 2.33. The maximum Gasteiger partial charge on any atom is 0.330 e. The van der Waals surface area contributed by atoms with E-state index in [1.54, 1.807) is 24.8 Å². The number of rotatable bonds is 7. The molecule has 140 valence electrons. The van der Waals surface area contributed by atoms with Crippen LogP contribution in [0.25, 0.3) is 16.7 Å². The first-order chi connectivity index (χ1) is 13.1. The molecule has 0 saturated heterocycles. The summed E-state index contributed by atoms with van der Waals surface area (Å²) >= 11 is 1.30. The molecule has 0 fully saturated rings. The van der Waals surface area contributed by atoms with Crippen molar-refractivity contribution in [3.05, 3.63) is 53.0 Å². The number of hydrogen-bond acceptors (Lipinski definition) is 7. The summed E-state index contributed by atoms with van der Waals surface area (Å²) in [5, 5.41) is 5.11. The van der Waals surface area contributed by atoms with Crippen molar-refractivity contribution >= 4 is 28.8 Å². The van der Waals surface area contributed by atoms with Gasteiger partial charge in [0.2, 0.25) is 0 Å². The maximum atomic E-state index is 12.3. The Morgan fingerprint density at radius 3 is 2.81 bits per heavy atom. The Balaban J connectivity index is 1.84. The van der Waals surface area contributed by atoms with Crippen molar-refractivity contribution in [2.24, 2.45) is 0 Å². The lowest BCUT2D eigenvalue weighted by Gasteiger charge is -2.05. The van der Waals surface area contributed by atoms with E-state index in [0.29, 0.717) is 28.5 Å². The second kappa shape index (κ2) is 8.54. The molecule has 0 bridgehead atoms. The third-order valence-corrected chi connectivity index (χ3v) is 4.42. The summed E-state index contributed by atoms with van der Waals surface area (Å²) in [5.41, 5.74) is 0.958. The van der Waals surface area contributed by atoms with Crippen molar-refractivity contribution in [2.75, 3.05) is 19.5 Å². The zero-order valence-corrected chi connectivity index (χ0v) is 15.7. The lowest BCUT2D eigenvalue weighted by atomic mass is 10.3. The Labute approximate surface area is 159 Å². The van der Waals surface area contributed by atoms with Crippen molar-refractivity contribution < 1.29 is 14.3 Å². The molecule has 3 rings (SSSR count). The van der Waals surface area contributed by atoms with Crippen LogP contribution in [0.15, 0.2) is 52.6 Å². The van der Waals surface area contributed by atoms with Gasteiger partial charge >= 0.3 is 5.97 Å². The lowest BCUT2D eigenvalue weighted by molar-refractivity contribution is -0.137. The average Bonchev–Trinajstić information content (AvgIpc) is 3.10. The number of benzene rings is 1. The Morgan fingerprint density at radius 1 is 1.33 bits per heavy atom. The van der Waals surface area contributed by atoms with Crippen LogP contribution >= 0.6 is 11.8 Å². The molecule has 0 saturated carbocycles. The van der Waals surface area contributed by atoms with E-state index in [-0.39, 0.29) is 5.56 Å². The highest BCUT2D eigenvalue weighted by molar-refractivity contribution is 7.99. The van der Waals surface area contributed by atoms with Crippen LogP contribution in [0.3, 0.4) is 0 Å². The quantitative estimate of drug-likeness (QED) is 0.288. The molecule has 1 aromatic carbocycles. The third kappa shape index (κ3) is 4.37. The van der Waals surface area contributed by atoms with Crippen LogP contribution in [0.4, 0.5) is 0 Å². The number of ether oxygens (including phenoxy) is 2. The molecule has 0 radical (unpaired) electrons. The predicted molar refractivity (Wildman–Crippen MR) is 103 cm³/mol. The fourth-order valence-electron chi connectivity index (χ4n) is 2.34. The summed E-state index contributed by atoms with van der Waals surface area (Å²) in [5.74, 6) is 0.794. The van der Waals surface area contributed by atoms with Crippen LogP contribution in [0.5, 0.6) is 5.75 Å². The van der Waals surface area contributed by atoms with E-state index in [1.165, 1.54) is 24.0 Å². The number of nitrogens with zero attached hydrogens (tertiary/aromatic N) is 3. The molecule has 0 atom stereocenters. The molecular formula is C18H18N4O4S. The van der Waals surface area contributed by atoms with Gasteiger partial charge in [-0.3, -0.25) is 4.79 Å². The smallest absolute Gasteiger partial charge is 0.330 e. The number of methoxy groups -OCH3 is 1. The first-order valence-corrected chi connectivity index (χ1v) is 9.19. The molecule has 0 amide bonds. The number of fused-ring (bicyclic) bond motifs is 1. The van der Waals surface area contributed by atoms with Crippen molar-refractivity contribution in [3.63, 3.8) is 0 Å². The van der Waals surface area contributed by atoms with Gasteiger partial charge in [-0.1, -0.05) is 17.8 Å². The van der Waals surface area contributed by atoms with E-state index in [1.807, 2.05) is 24.3 Å². The highest BCUT2D eigenvalue weighted by Crippen LogP contribution is 2.19. The van der Waals surface area contributed by atoms with Gasteiger partial charge in [-0.2, -0.15) is 5.10 Å². The van der Waals surface area contributed by atoms with Gasteiger partial charge in [-0.05, 0) is 31.2 Å². The molecule has 2 heterocycles. The number of nitrogens with one attached hydrogen (secondary N) is 1. The molecular weight excluding hydrogens is 368 g/mol. The summed E-state index contributed by atoms with van der Waals surface area (Å²) in [6.45, 7) is 2.08. The van der Waals surface area contributed by atoms with Gasteiger partial charge in [0.1, 0.15) is 11.1 Å². The normalized spacial score (nSPS) is 11.2. The average molecular weight is 386 g/mol. The van der Waals surface area contributed by atoms with Crippen molar-refractivity contribution in [1.29, 1.82) is 0 Å². The molecule has 1 N–H and O–H groups in total. The fourth-order valence-corrected chi connectivity index (χ4v) is 3.01. The summed E-state index contributed by atoms with van der Waals surface area (Å²) in [4.78, 5) is 30.8. The van der Waals surface area contributed by atoms with E-state index in [9.17, 15) is 9.59 Å². The van der Waals surface area contributed by atoms with Crippen LogP contribution in [0, 0.1) is 0 Å². The molecule has 0 unspecified atom stereocenters. The molecule has 3 aromatic rings. The number of aromatic nitrogens is 4. The summed E-state index contributed by atoms with van der Waals surface area (Å²) in [6.07, 6.45) is 4.50. The van der Waals surface area contributed by atoms with Crippen LogP contribution in [-0.2, 0) is 9.53 Å². The molecule has 2 aromatic heterocycles. The minimum atomic E-state index is -0.396. The first kappa shape index (κ1) is 18.7. The van der Waals surface area contributed by atoms with Gasteiger partial charge in [-0.15, -0.1) is 0 Å². The summed E-state index contributed by atoms with van der Waals surface area (Å²) < 4.78 is 11.6. The highest BCUT2D eigenvalue weighted by atomic mass is 32.2. The topological polar surface area (TPSA) is 99.1 Å². The summed E-state index contributed by atoms with van der Waals surface area (Å²) in [7, 11) is 1.60. The second-order valence-electron chi connectivity index (χ2n) is 5.33. The molecule has 27 heavy (non-hydrogen) atoms. The lowest BCUT2D eigenvalue weighted by Crippen LogP contribution is -2.09. The van der Waals surface area contributed by atoms with Gasteiger partial charge in [0, 0.05) is 11.8 Å². The molecule has 0 aliphatic heterocycles. The van der Waals surface area contributed by atoms with E-state index in [4.69, 9.17) is 9.47 Å². The van der Waals surface area contributed by atoms with Crippen LogP contribution in [0.2, 0.25) is 0 Å². The first-order valence-electron chi connectivity index (χ1n) is 8.21. The number of carbonyl (C=O) groups is 1. The molecule has 0 aliphatic rings. The van der Waals surface area contributed by atoms with E-state index >= 15 is 0 Å². The van der Waals surface area contributed by atoms with Gasteiger partial charge < -0.3 is 14.5 Å². The standard InChI is InChI=1S/C18H18N4O4S/c1-3-26-15(23)5-4-10-27-18-20-16-14(17(24)21-18)11-19-22(16)12-6-8-13(25-2)9-7-12/h4-9,11H,3,10H2,1-2H3,(H,20,21,24)/b5-4+. The van der Waals surface area contributed by atoms with Crippen molar-refractivity contribution in [2.45, 2.75) is 12.1 Å². The molecule has 0 spiro atoms. The molecule has 8 nitrogen and oxygen atoms in total. The van der Waals surface area contributed by atoms with Gasteiger partial charge in [0.25, 0.3) is 5.56 Å². The van der Waals surface area contributed by atoms with E-state index < -0.39 is 5.97 Å². The Kier molecular flexibility index (Phi) is 5.92. The number of hydrogen-bond donors (Lipinski definition) is 1. The Bertz CT molecular complexity index is 1020. The van der Waals surface area contributed by atoms with E-state index in [0.717, 1.165) is 11.4 Å². The largest absolute Gasteiger partial charge is 0.497 e. The van der Waals surface area contributed by atoms with Crippen LogP contribution in [0.1, 0.15) is 6.92 Å². The zero-order valence-electron chi connectivity index (χ0n) is 14.8. The van der Waals surface area contributed by atoms with Crippen LogP contribution < -0.4 is 10.3 Å². The minimum absolute atomic E-state index is 0.267. The number of H-pyrrole nitrogens is 1. The van der Waals surface area contributed by atoms with Crippen molar-refractivity contribution in [1.82, 2.24) is 19.7 Å². The van der Waals surface area contributed by atoms with Crippen molar-refractivity contribution in [3.8, 4) is 11.4 Å². The summed E-state index contributed by atoms with van der Waals surface area (Å²) in [6, 6.07) is 7.30. The van der Waals surface area contributed by atoms with Gasteiger partial charge in [-0.25, -0.2) is 14.5 Å². The third-order valence-electron chi connectivity index (χ3n) is 3.59. The maximum absolute atomic E-state index is 12.3. The Hall–Kier alpha value is -3.07. The second-order valence-corrected chi connectivity index (χ2v) is 6.34. The zero-order chi connectivity index (χ0) is 19.2. The van der Waals surface area contributed by atoms with E-state index in [2.05, 4.69) is 15.1 Å². The van der Waals surface area contributed by atoms with Gasteiger partial charge in [0.05, 0.1) is 25.6 Å². The molecule has 0 aliphatic carbocycles. The highest BCUT2D eigenvalue weighted by Gasteiger charge is 2.11. The molecule has 9 heteroatoms. The van der Waals surface area contributed by atoms with Gasteiger partial charge in [0.15, 0.2) is 10.8 Å². The number of aromatic amines is 1.